The number of benzene rings is 2. The van der Waals surface area contributed by atoms with Gasteiger partial charge in [-0.2, -0.15) is 0 Å². The minimum Gasteiger partial charge on any atom is -0.454 e. The molecule has 0 radical (unpaired) electrons. The molecule has 0 amide bonds. The summed E-state index contributed by atoms with van der Waals surface area (Å²) >= 11 is 5.92. The van der Waals surface area contributed by atoms with Gasteiger partial charge in [-0.25, -0.2) is 0 Å². The van der Waals surface area contributed by atoms with E-state index in [1.807, 2.05) is 26.0 Å². The number of carbonyl (C=O) groups excluding carboxylic acids is 1. The molecule has 1 atom stereocenters. The van der Waals surface area contributed by atoms with Crippen molar-refractivity contribution >= 4 is 17.6 Å². The smallest absolute Gasteiger partial charge is 0.319 e. The zero-order valence-corrected chi connectivity index (χ0v) is 13.7. The third-order valence-corrected chi connectivity index (χ3v) is 3.96. The number of fused-ring (bicyclic) bond motifs is 1. The Morgan fingerprint density at radius 2 is 1.78 bits per heavy atom. The van der Waals surface area contributed by atoms with Crippen molar-refractivity contribution in [3.8, 4) is 17.2 Å². The summed E-state index contributed by atoms with van der Waals surface area (Å²) in [5.74, 6) is 1.11. The molecule has 1 aliphatic rings. The van der Waals surface area contributed by atoms with Gasteiger partial charge in [-0.15, -0.1) is 0 Å². The Kier molecular flexibility index (Phi) is 4.44. The van der Waals surface area contributed by atoms with Crippen LogP contribution >= 0.6 is 11.6 Å². The first-order valence-corrected chi connectivity index (χ1v) is 7.79. The van der Waals surface area contributed by atoms with Crippen molar-refractivity contribution in [1.29, 1.82) is 0 Å². The van der Waals surface area contributed by atoms with Gasteiger partial charge in [-0.3, -0.25) is 4.79 Å². The van der Waals surface area contributed by atoms with Gasteiger partial charge in [0.2, 0.25) is 6.79 Å². The number of rotatable bonds is 4. The Morgan fingerprint density at radius 1 is 1.09 bits per heavy atom. The highest BCUT2D eigenvalue weighted by Gasteiger charge is 2.27. The van der Waals surface area contributed by atoms with E-state index in [2.05, 4.69) is 0 Å². The molecule has 0 N–H and O–H groups in total. The van der Waals surface area contributed by atoms with Crippen molar-refractivity contribution < 1.29 is 19.0 Å². The van der Waals surface area contributed by atoms with Crippen LogP contribution in [-0.4, -0.2) is 12.8 Å². The number of halogens is 1. The molecule has 0 aliphatic carbocycles. The van der Waals surface area contributed by atoms with Gasteiger partial charge in [0.05, 0.1) is 5.92 Å². The third-order valence-electron chi connectivity index (χ3n) is 3.71. The maximum absolute atomic E-state index is 12.6. The fourth-order valence-electron chi connectivity index (χ4n) is 2.58. The predicted octanol–water partition coefficient (Wildman–Crippen LogP) is 4.41. The Morgan fingerprint density at radius 3 is 2.48 bits per heavy atom. The van der Waals surface area contributed by atoms with Gasteiger partial charge in [0.1, 0.15) is 5.75 Å². The predicted molar refractivity (Wildman–Crippen MR) is 87.2 cm³/mol. The number of esters is 1. The third kappa shape index (κ3) is 3.42. The standard InChI is InChI=1S/C18H17ClO4/c1-11(2)17(12-3-5-13(19)6-4-12)18(20)23-14-7-8-15-16(9-14)22-10-21-15/h3-9,11,17H,10H2,1-2H3/t17-/m1/s1. The van der Waals surface area contributed by atoms with Crippen LogP contribution in [0.5, 0.6) is 17.2 Å². The zero-order chi connectivity index (χ0) is 16.4. The van der Waals surface area contributed by atoms with Crippen LogP contribution in [0.3, 0.4) is 0 Å². The molecule has 0 aromatic heterocycles. The Hall–Kier alpha value is -2.20. The Labute approximate surface area is 139 Å². The monoisotopic (exact) mass is 332 g/mol. The fourth-order valence-corrected chi connectivity index (χ4v) is 2.71. The molecule has 2 aromatic carbocycles. The number of hydrogen-bond donors (Lipinski definition) is 0. The lowest BCUT2D eigenvalue weighted by atomic mass is 9.88. The highest BCUT2D eigenvalue weighted by molar-refractivity contribution is 6.30. The van der Waals surface area contributed by atoms with Crippen LogP contribution in [0, 0.1) is 5.92 Å². The van der Waals surface area contributed by atoms with Crippen LogP contribution in [0.25, 0.3) is 0 Å². The highest BCUT2D eigenvalue weighted by Crippen LogP contribution is 2.36. The van der Waals surface area contributed by atoms with Gasteiger partial charge in [-0.05, 0) is 35.7 Å². The molecule has 23 heavy (non-hydrogen) atoms. The lowest BCUT2D eigenvalue weighted by Crippen LogP contribution is -2.23. The Bertz CT molecular complexity index is 709. The molecule has 1 heterocycles. The summed E-state index contributed by atoms with van der Waals surface area (Å²) in [6, 6.07) is 12.4. The summed E-state index contributed by atoms with van der Waals surface area (Å²) in [5, 5.41) is 0.639. The van der Waals surface area contributed by atoms with E-state index in [1.165, 1.54) is 0 Å². The molecule has 0 saturated carbocycles. The first kappa shape index (κ1) is 15.7. The molecule has 5 heteroatoms. The minimum absolute atomic E-state index is 0.0951. The molecule has 0 unspecified atom stereocenters. The maximum atomic E-state index is 12.6. The molecular weight excluding hydrogens is 316 g/mol. The lowest BCUT2D eigenvalue weighted by molar-refractivity contribution is -0.137. The average Bonchev–Trinajstić information content (AvgIpc) is 2.96. The molecule has 3 rings (SSSR count). The van der Waals surface area contributed by atoms with Crippen molar-refractivity contribution in [2.45, 2.75) is 19.8 Å². The van der Waals surface area contributed by atoms with E-state index in [-0.39, 0.29) is 24.6 Å². The first-order valence-electron chi connectivity index (χ1n) is 7.41. The quantitative estimate of drug-likeness (QED) is 0.614. The van der Waals surface area contributed by atoms with E-state index in [0.717, 1.165) is 5.56 Å². The second-order valence-corrected chi connectivity index (χ2v) is 6.15. The van der Waals surface area contributed by atoms with E-state index in [9.17, 15) is 4.79 Å². The van der Waals surface area contributed by atoms with Crippen LogP contribution in [-0.2, 0) is 4.79 Å². The molecule has 2 aromatic rings. The summed E-state index contributed by atoms with van der Waals surface area (Å²) in [6.07, 6.45) is 0. The van der Waals surface area contributed by atoms with E-state index >= 15 is 0 Å². The van der Waals surface area contributed by atoms with Crippen LogP contribution < -0.4 is 14.2 Å². The normalized spacial score (nSPS) is 13.9. The van der Waals surface area contributed by atoms with Crippen molar-refractivity contribution in [3.05, 3.63) is 53.1 Å². The van der Waals surface area contributed by atoms with Crippen LogP contribution in [0.15, 0.2) is 42.5 Å². The number of hydrogen-bond acceptors (Lipinski definition) is 4. The van der Waals surface area contributed by atoms with Crippen molar-refractivity contribution in [1.82, 2.24) is 0 Å². The summed E-state index contributed by atoms with van der Waals surface area (Å²) < 4.78 is 16.1. The second-order valence-electron chi connectivity index (χ2n) is 5.71. The maximum Gasteiger partial charge on any atom is 0.319 e. The topological polar surface area (TPSA) is 44.8 Å². The van der Waals surface area contributed by atoms with Crippen LogP contribution in [0.2, 0.25) is 5.02 Å². The van der Waals surface area contributed by atoms with Crippen molar-refractivity contribution in [2.24, 2.45) is 5.92 Å². The zero-order valence-electron chi connectivity index (χ0n) is 12.9. The molecule has 0 fully saturated rings. The van der Waals surface area contributed by atoms with Gasteiger partial charge in [0.25, 0.3) is 0 Å². The largest absolute Gasteiger partial charge is 0.454 e. The molecule has 4 nitrogen and oxygen atoms in total. The lowest BCUT2D eigenvalue weighted by Gasteiger charge is -2.20. The molecule has 0 spiro atoms. The van der Waals surface area contributed by atoms with E-state index in [0.29, 0.717) is 22.3 Å². The van der Waals surface area contributed by atoms with Gasteiger partial charge in [0, 0.05) is 11.1 Å². The highest BCUT2D eigenvalue weighted by atomic mass is 35.5. The van der Waals surface area contributed by atoms with Gasteiger partial charge >= 0.3 is 5.97 Å². The second kappa shape index (κ2) is 6.50. The van der Waals surface area contributed by atoms with E-state index in [1.54, 1.807) is 30.3 Å². The average molecular weight is 333 g/mol. The van der Waals surface area contributed by atoms with E-state index in [4.69, 9.17) is 25.8 Å². The first-order chi connectivity index (χ1) is 11.0. The molecule has 120 valence electrons. The number of ether oxygens (including phenoxy) is 3. The summed E-state index contributed by atoms with van der Waals surface area (Å²) in [4.78, 5) is 12.6. The van der Waals surface area contributed by atoms with E-state index < -0.39 is 0 Å². The van der Waals surface area contributed by atoms with Gasteiger partial charge in [-0.1, -0.05) is 37.6 Å². The van der Waals surface area contributed by atoms with Crippen LogP contribution in [0.1, 0.15) is 25.3 Å². The number of carbonyl (C=O) groups is 1. The van der Waals surface area contributed by atoms with Gasteiger partial charge < -0.3 is 14.2 Å². The Balaban J connectivity index is 1.80. The molecule has 0 bridgehead atoms. The molecular formula is C18H17ClO4. The molecule has 1 aliphatic heterocycles. The van der Waals surface area contributed by atoms with Crippen molar-refractivity contribution in [2.75, 3.05) is 6.79 Å². The van der Waals surface area contributed by atoms with Crippen LogP contribution in [0.4, 0.5) is 0 Å². The minimum atomic E-state index is -0.363. The summed E-state index contributed by atoms with van der Waals surface area (Å²) in [5.41, 5.74) is 0.884. The molecule has 0 saturated heterocycles. The van der Waals surface area contributed by atoms with Gasteiger partial charge in [0.15, 0.2) is 11.5 Å². The summed E-state index contributed by atoms with van der Waals surface area (Å²) in [6.45, 7) is 4.16. The SMILES string of the molecule is CC(C)[C@@H](C(=O)Oc1ccc2c(c1)OCO2)c1ccc(Cl)cc1. The van der Waals surface area contributed by atoms with Crippen molar-refractivity contribution in [3.63, 3.8) is 0 Å². The summed E-state index contributed by atoms with van der Waals surface area (Å²) in [7, 11) is 0. The fraction of sp³-hybridized carbons (Fsp3) is 0.278.